The maximum atomic E-state index is 12.5. The summed E-state index contributed by atoms with van der Waals surface area (Å²) >= 11 is 4.88. The minimum Gasteiger partial charge on any atom is -0.319 e. The molecule has 4 aromatic rings. The zero-order valence-corrected chi connectivity index (χ0v) is 13.9. The Labute approximate surface area is 142 Å². The molecule has 0 saturated carbocycles. The highest BCUT2D eigenvalue weighted by atomic mass is 79.9. The van der Waals surface area contributed by atoms with Crippen LogP contribution in [0.3, 0.4) is 0 Å². The predicted molar refractivity (Wildman–Crippen MR) is 90.5 cm³/mol. The number of carbonyl (C=O) groups is 1. The molecule has 0 radical (unpaired) electrons. The van der Waals surface area contributed by atoms with Gasteiger partial charge in [0.25, 0.3) is 5.91 Å². The van der Waals surface area contributed by atoms with Crippen LogP contribution in [0.2, 0.25) is 0 Å². The van der Waals surface area contributed by atoms with Gasteiger partial charge in [0.2, 0.25) is 0 Å². The molecule has 0 aliphatic heterocycles. The first-order valence-electron chi connectivity index (χ1n) is 6.60. The molecule has 4 rings (SSSR count). The van der Waals surface area contributed by atoms with Crippen molar-refractivity contribution in [3.05, 3.63) is 52.3 Å². The molecule has 0 bridgehead atoms. The van der Waals surface area contributed by atoms with Crippen molar-refractivity contribution >= 4 is 44.4 Å². The number of aromatic amines is 1. The number of pyridine rings is 1. The number of anilines is 1. The summed E-state index contributed by atoms with van der Waals surface area (Å²) in [5.41, 5.74) is 2.68. The zero-order chi connectivity index (χ0) is 15.8. The maximum Gasteiger partial charge on any atom is 0.257 e. The van der Waals surface area contributed by atoms with E-state index < -0.39 is 0 Å². The van der Waals surface area contributed by atoms with Crippen LogP contribution in [0.1, 0.15) is 10.4 Å². The van der Waals surface area contributed by atoms with Crippen molar-refractivity contribution in [2.45, 2.75) is 0 Å². The van der Waals surface area contributed by atoms with Gasteiger partial charge < -0.3 is 5.32 Å². The van der Waals surface area contributed by atoms with Crippen molar-refractivity contribution in [3.63, 3.8) is 0 Å². The number of halogens is 1. The fourth-order valence-corrected chi connectivity index (χ4v) is 3.22. The van der Waals surface area contributed by atoms with Gasteiger partial charge in [-0.1, -0.05) is 0 Å². The number of aromatic nitrogens is 5. The molecule has 0 atom stereocenters. The third-order valence-corrected chi connectivity index (χ3v) is 4.67. The van der Waals surface area contributed by atoms with E-state index in [0.29, 0.717) is 16.9 Å². The van der Waals surface area contributed by atoms with Crippen LogP contribution in [0.5, 0.6) is 0 Å². The lowest BCUT2D eigenvalue weighted by Gasteiger charge is -2.05. The SMILES string of the molecule is O=C(Nc1cn[nH]c1-c1nccs1)c1ccc2c(Br)cnn2c1. The van der Waals surface area contributed by atoms with E-state index in [1.54, 1.807) is 35.4 Å². The molecule has 7 nitrogen and oxygen atoms in total. The van der Waals surface area contributed by atoms with Crippen molar-refractivity contribution in [2.75, 3.05) is 5.32 Å². The second-order valence-electron chi connectivity index (χ2n) is 4.69. The Bertz CT molecular complexity index is 990. The van der Waals surface area contributed by atoms with Gasteiger partial charge in [-0.2, -0.15) is 10.2 Å². The van der Waals surface area contributed by atoms with Gasteiger partial charge in [0, 0.05) is 17.8 Å². The first-order chi connectivity index (χ1) is 11.2. The molecular weight excluding hydrogens is 380 g/mol. The summed E-state index contributed by atoms with van der Waals surface area (Å²) in [6.45, 7) is 0. The quantitative estimate of drug-likeness (QED) is 0.563. The number of thiazole rings is 1. The third kappa shape index (κ3) is 2.53. The Morgan fingerprint density at radius 1 is 1.35 bits per heavy atom. The molecule has 9 heteroatoms. The zero-order valence-electron chi connectivity index (χ0n) is 11.5. The molecule has 0 aliphatic carbocycles. The molecule has 0 aromatic carbocycles. The van der Waals surface area contributed by atoms with Crippen molar-refractivity contribution in [1.82, 2.24) is 24.8 Å². The van der Waals surface area contributed by atoms with E-state index in [0.717, 1.165) is 15.0 Å². The van der Waals surface area contributed by atoms with Crippen LogP contribution in [0.25, 0.3) is 16.2 Å². The largest absolute Gasteiger partial charge is 0.319 e. The lowest BCUT2D eigenvalue weighted by Crippen LogP contribution is -2.13. The molecule has 0 spiro atoms. The van der Waals surface area contributed by atoms with E-state index in [9.17, 15) is 4.79 Å². The second-order valence-corrected chi connectivity index (χ2v) is 6.44. The highest BCUT2D eigenvalue weighted by Crippen LogP contribution is 2.27. The fourth-order valence-electron chi connectivity index (χ4n) is 2.17. The van der Waals surface area contributed by atoms with Gasteiger partial charge in [-0.15, -0.1) is 11.3 Å². The number of amides is 1. The molecule has 23 heavy (non-hydrogen) atoms. The van der Waals surface area contributed by atoms with Crippen LogP contribution in [0, 0.1) is 0 Å². The number of fused-ring (bicyclic) bond motifs is 1. The molecule has 1 amide bonds. The van der Waals surface area contributed by atoms with Crippen molar-refractivity contribution in [1.29, 1.82) is 0 Å². The standard InChI is InChI=1S/C14H9BrN6OS/c15-9-5-18-21-7-8(1-2-11(9)21)13(22)19-10-6-17-20-12(10)14-16-3-4-23-14/h1-7H,(H,17,20)(H,19,22). The van der Waals surface area contributed by atoms with E-state index in [1.165, 1.54) is 11.3 Å². The van der Waals surface area contributed by atoms with Crippen LogP contribution >= 0.6 is 27.3 Å². The van der Waals surface area contributed by atoms with E-state index >= 15 is 0 Å². The smallest absolute Gasteiger partial charge is 0.257 e. The van der Waals surface area contributed by atoms with Crippen LogP contribution in [-0.4, -0.2) is 30.7 Å². The number of carbonyl (C=O) groups excluding carboxylic acids is 1. The summed E-state index contributed by atoms with van der Waals surface area (Å²) in [5, 5.41) is 16.5. The average Bonchev–Trinajstić information content (AvgIpc) is 3.28. The number of H-pyrrole nitrogens is 1. The van der Waals surface area contributed by atoms with Gasteiger partial charge >= 0.3 is 0 Å². The Balaban J connectivity index is 1.63. The number of rotatable bonds is 3. The van der Waals surface area contributed by atoms with Crippen LogP contribution in [0.4, 0.5) is 5.69 Å². The first kappa shape index (κ1) is 14.1. The van der Waals surface area contributed by atoms with E-state index in [1.807, 2.05) is 11.4 Å². The third-order valence-electron chi connectivity index (χ3n) is 3.27. The lowest BCUT2D eigenvalue weighted by atomic mass is 10.2. The molecule has 4 aromatic heterocycles. The highest BCUT2D eigenvalue weighted by Gasteiger charge is 2.14. The molecule has 114 valence electrons. The summed E-state index contributed by atoms with van der Waals surface area (Å²) in [5.74, 6) is -0.238. The highest BCUT2D eigenvalue weighted by molar-refractivity contribution is 9.10. The minimum atomic E-state index is -0.238. The minimum absolute atomic E-state index is 0.238. The predicted octanol–water partition coefficient (Wildman–Crippen LogP) is 3.20. The number of hydrogen-bond acceptors (Lipinski definition) is 5. The summed E-state index contributed by atoms with van der Waals surface area (Å²) in [7, 11) is 0. The Morgan fingerprint density at radius 2 is 2.26 bits per heavy atom. The topological polar surface area (TPSA) is 88.0 Å². The van der Waals surface area contributed by atoms with Crippen molar-refractivity contribution in [2.24, 2.45) is 0 Å². The van der Waals surface area contributed by atoms with Gasteiger partial charge in [0.15, 0.2) is 0 Å². The molecule has 4 heterocycles. The molecule has 0 fully saturated rings. The normalized spacial score (nSPS) is 11.0. The first-order valence-corrected chi connectivity index (χ1v) is 8.27. The monoisotopic (exact) mass is 388 g/mol. The van der Waals surface area contributed by atoms with Gasteiger partial charge in [-0.25, -0.2) is 9.50 Å². The van der Waals surface area contributed by atoms with Gasteiger partial charge in [-0.05, 0) is 28.1 Å². The Hall–Kier alpha value is -2.52. The molecule has 0 aliphatic rings. The van der Waals surface area contributed by atoms with Gasteiger partial charge in [-0.3, -0.25) is 9.89 Å². The van der Waals surface area contributed by atoms with Crippen molar-refractivity contribution < 1.29 is 4.79 Å². The summed E-state index contributed by atoms with van der Waals surface area (Å²) in [6, 6.07) is 3.59. The second kappa shape index (κ2) is 5.60. The molecule has 2 N–H and O–H groups in total. The van der Waals surface area contributed by atoms with Crippen molar-refractivity contribution in [3.8, 4) is 10.7 Å². The fraction of sp³-hybridized carbons (Fsp3) is 0. The molecule has 0 unspecified atom stereocenters. The van der Waals surface area contributed by atoms with Crippen LogP contribution in [-0.2, 0) is 0 Å². The number of hydrogen-bond donors (Lipinski definition) is 2. The van der Waals surface area contributed by atoms with E-state index in [4.69, 9.17) is 0 Å². The Morgan fingerprint density at radius 3 is 3.09 bits per heavy atom. The Kier molecular flexibility index (Phi) is 3.43. The van der Waals surface area contributed by atoms with Gasteiger partial charge in [0.1, 0.15) is 10.7 Å². The maximum absolute atomic E-state index is 12.5. The summed E-state index contributed by atoms with van der Waals surface area (Å²) < 4.78 is 2.53. The van der Waals surface area contributed by atoms with Crippen LogP contribution < -0.4 is 5.32 Å². The molecule has 0 saturated heterocycles. The average molecular weight is 389 g/mol. The van der Waals surface area contributed by atoms with E-state index in [-0.39, 0.29) is 5.91 Å². The number of nitrogens with one attached hydrogen (secondary N) is 2. The number of nitrogens with zero attached hydrogens (tertiary/aromatic N) is 4. The summed E-state index contributed by atoms with van der Waals surface area (Å²) in [4.78, 5) is 16.7. The van der Waals surface area contributed by atoms with Gasteiger partial charge in [0.05, 0.1) is 33.6 Å². The van der Waals surface area contributed by atoms with E-state index in [2.05, 4.69) is 41.5 Å². The summed E-state index contributed by atoms with van der Waals surface area (Å²) in [6.07, 6.45) is 6.64. The van der Waals surface area contributed by atoms with Crippen LogP contribution in [0.15, 0.2) is 46.8 Å². The lowest BCUT2D eigenvalue weighted by molar-refractivity contribution is 0.102. The molecular formula is C14H9BrN6OS.